The van der Waals surface area contributed by atoms with Crippen LogP contribution in [0.25, 0.3) is 21.8 Å². The maximum absolute atomic E-state index is 11.0. The standard InChI is InChI=1S/C22H21N3O4S.Na.H/c26-14-15-11-16(23-9-10-30(27,28)29)13-17(12-15)24-22-18-5-1-3-7-20(18)25-21-8-4-2-6-19(21)22;;/h1-8,11-13,23,26H,9-10,14H2,(H,24,25)(H,27,28,29);;/q;+1;-1. The average Bonchev–Trinajstić information content (AvgIpc) is 2.72. The minimum atomic E-state index is -4.05. The Hall–Kier alpha value is -2.20. The third-order valence-electron chi connectivity index (χ3n) is 4.72. The number of aromatic nitrogens is 1. The molecular formula is C22H22N3NaO4S. The van der Waals surface area contributed by atoms with Gasteiger partial charge in [-0.1, -0.05) is 36.4 Å². The third kappa shape index (κ3) is 5.74. The second-order valence-electron chi connectivity index (χ2n) is 6.94. The van der Waals surface area contributed by atoms with Gasteiger partial charge in [-0.25, -0.2) is 4.98 Å². The molecule has 0 unspecified atom stereocenters. The maximum Gasteiger partial charge on any atom is 1.00 e. The first-order valence-corrected chi connectivity index (χ1v) is 11.0. The number of nitrogens with zero attached hydrogens (tertiary/aromatic N) is 1. The van der Waals surface area contributed by atoms with E-state index in [0.29, 0.717) is 11.3 Å². The zero-order valence-electron chi connectivity index (χ0n) is 18.0. The van der Waals surface area contributed by atoms with Crippen LogP contribution >= 0.6 is 0 Å². The summed E-state index contributed by atoms with van der Waals surface area (Å²) in [5.41, 5.74) is 4.66. The van der Waals surface area contributed by atoms with Crippen LogP contribution in [0.3, 0.4) is 0 Å². The Balaban J connectivity index is 0.00000181. The predicted molar refractivity (Wildman–Crippen MR) is 121 cm³/mol. The van der Waals surface area contributed by atoms with Crippen LogP contribution in [0.2, 0.25) is 0 Å². The number of fused-ring (bicyclic) bond motifs is 2. The van der Waals surface area contributed by atoms with E-state index in [2.05, 4.69) is 10.6 Å². The quantitative estimate of drug-likeness (QED) is 0.190. The van der Waals surface area contributed by atoms with E-state index < -0.39 is 15.9 Å². The van der Waals surface area contributed by atoms with Crippen molar-refractivity contribution in [2.24, 2.45) is 0 Å². The van der Waals surface area contributed by atoms with Gasteiger partial charge < -0.3 is 17.2 Å². The van der Waals surface area contributed by atoms with Gasteiger partial charge in [0, 0.05) is 28.7 Å². The minimum absolute atomic E-state index is 0. The Morgan fingerprint density at radius 2 is 1.48 bits per heavy atom. The van der Waals surface area contributed by atoms with Crippen molar-refractivity contribution in [1.29, 1.82) is 0 Å². The molecule has 0 aliphatic heterocycles. The molecule has 9 heteroatoms. The molecule has 0 spiro atoms. The minimum Gasteiger partial charge on any atom is -1.00 e. The molecule has 0 aliphatic carbocycles. The molecule has 1 aromatic heterocycles. The van der Waals surface area contributed by atoms with E-state index in [0.717, 1.165) is 33.2 Å². The summed E-state index contributed by atoms with van der Waals surface area (Å²) in [5.74, 6) is -0.404. The second kappa shape index (κ2) is 9.95. The molecule has 4 N–H and O–H groups in total. The first-order chi connectivity index (χ1) is 14.4. The largest absolute Gasteiger partial charge is 1.00 e. The third-order valence-corrected chi connectivity index (χ3v) is 5.44. The molecule has 0 saturated carbocycles. The zero-order chi connectivity index (χ0) is 21.1. The van der Waals surface area contributed by atoms with Crippen molar-refractivity contribution in [2.75, 3.05) is 22.9 Å². The summed E-state index contributed by atoms with van der Waals surface area (Å²) in [7, 11) is -4.05. The van der Waals surface area contributed by atoms with Gasteiger partial charge in [0.15, 0.2) is 0 Å². The van der Waals surface area contributed by atoms with Crippen LogP contribution in [0.1, 0.15) is 6.99 Å². The summed E-state index contributed by atoms with van der Waals surface area (Å²) in [6, 6.07) is 21.1. The van der Waals surface area contributed by atoms with E-state index in [1.54, 1.807) is 6.07 Å². The fourth-order valence-corrected chi connectivity index (χ4v) is 3.76. The Morgan fingerprint density at radius 3 is 2.06 bits per heavy atom. The van der Waals surface area contributed by atoms with Crippen LogP contribution < -0.4 is 40.2 Å². The fourth-order valence-electron chi connectivity index (χ4n) is 3.40. The average molecular weight is 447 g/mol. The Kier molecular flexibility index (Phi) is 7.53. The van der Waals surface area contributed by atoms with Gasteiger partial charge in [-0.05, 0) is 35.9 Å². The molecule has 7 nitrogen and oxygen atoms in total. The topological polar surface area (TPSA) is 112 Å². The first kappa shape index (κ1) is 23.5. The van der Waals surface area contributed by atoms with Gasteiger partial charge in [0.25, 0.3) is 10.1 Å². The molecule has 4 aromatic rings. The Morgan fingerprint density at radius 1 is 0.903 bits per heavy atom. The van der Waals surface area contributed by atoms with E-state index in [1.807, 2.05) is 60.7 Å². The number of hydrogen-bond acceptors (Lipinski definition) is 6. The molecule has 0 fully saturated rings. The van der Waals surface area contributed by atoms with Gasteiger partial charge in [-0.2, -0.15) is 8.42 Å². The van der Waals surface area contributed by atoms with Crippen molar-refractivity contribution in [3.8, 4) is 0 Å². The van der Waals surface area contributed by atoms with Crippen molar-refractivity contribution < 1.29 is 49.1 Å². The summed E-state index contributed by atoms with van der Waals surface area (Å²) in [4.78, 5) is 4.72. The molecule has 1 heterocycles. The van der Waals surface area contributed by atoms with Gasteiger partial charge in [0.2, 0.25) is 0 Å². The molecule has 31 heavy (non-hydrogen) atoms. The first-order valence-electron chi connectivity index (χ1n) is 9.41. The fraction of sp³-hybridized carbons (Fsp3) is 0.136. The van der Waals surface area contributed by atoms with Crippen LogP contribution in [-0.4, -0.2) is 35.4 Å². The normalized spacial score (nSPS) is 11.3. The van der Waals surface area contributed by atoms with Crippen LogP contribution in [0.15, 0.2) is 66.7 Å². The predicted octanol–water partition coefficient (Wildman–Crippen LogP) is 1.04. The van der Waals surface area contributed by atoms with Crippen molar-refractivity contribution >= 4 is 49.0 Å². The molecule has 0 bridgehead atoms. The molecule has 4 rings (SSSR count). The summed E-state index contributed by atoms with van der Waals surface area (Å²) in [6.45, 7) is -0.116. The van der Waals surface area contributed by atoms with Crippen molar-refractivity contribution in [1.82, 2.24) is 4.98 Å². The summed E-state index contributed by atoms with van der Waals surface area (Å²) in [5, 5.41) is 18.0. The molecule has 0 aliphatic rings. The smallest absolute Gasteiger partial charge is 1.00 e. The molecule has 0 amide bonds. The Bertz CT molecular complexity index is 1280. The molecular weight excluding hydrogens is 425 g/mol. The molecule has 0 radical (unpaired) electrons. The number of aliphatic hydroxyl groups excluding tert-OH is 1. The maximum atomic E-state index is 11.0. The van der Waals surface area contributed by atoms with Gasteiger partial charge in [-0.15, -0.1) is 0 Å². The zero-order valence-corrected chi connectivity index (χ0v) is 19.9. The van der Waals surface area contributed by atoms with Crippen molar-refractivity contribution in [3.05, 3.63) is 72.3 Å². The number of anilines is 3. The van der Waals surface area contributed by atoms with E-state index in [1.165, 1.54) is 0 Å². The molecule has 3 aromatic carbocycles. The summed E-state index contributed by atoms with van der Waals surface area (Å²) < 4.78 is 30.8. The van der Waals surface area contributed by atoms with Crippen LogP contribution in [0.4, 0.5) is 17.1 Å². The Labute approximate surface area is 204 Å². The number of para-hydroxylation sites is 2. The van der Waals surface area contributed by atoms with Gasteiger partial charge in [-0.3, -0.25) is 4.55 Å². The van der Waals surface area contributed by atoms with Gasteiger partial charge in [0.05, 0.1) is 29.1 Å². The SMILES string of the molecule is O=S(=O)(O)CCNc1cc(CO)cc(Nc2c3ccccc3nc3ccccc23)c1.[H-].[Na+]. The van der Waals surface area contributed by atoms with E-state index in [4.69, 9.17) is 9.54 Å². The van der Waals surface area contributed by atoms with E-state index in [-0.39, 0.29) is 44.1 Å². The molecule has 156 valence electrons. The number of nitrogens with one attached hydrogen (secondary N) is 2. The number of pyridine rings is 1. The number of rotatable bonds is 7. The summed E-state index contributed by atoms with van der Waals surface area (Å²) >= 11 is 0. The second-order valence-corrected chi connectivity index (χ2v) is 8.51. The van der Waals surface area contributed by atoms with E-state index in [9.17, 15) is 13.5 Å². The number of hydrogen-bond donors (Lipinski definition) is 4. The number of aliphatic hydroxyl groups is 1. The number of benzene rings is 3. The van der Waals surface area contributed by atoms with E-state index >= 15 is 0 Å². The van der Waals surface area contributed by atoms with Crippen LogP contribution in [-0.2, 0) is 16.7 Å². The van der Waals surface area contributed by atoms with Crippen molar-refractivity contribution in [3.63, 3.8) is 0 Å². The summed E-state index contributed by atoms with van der Waals surface area (Å²) in [6.07, 6.45) is 0. The molecule has 0 saturated heterocycles. The van der Waals surface area contributed by atoms with Gasteiger partial charge in [0.1, 0.15) is 0 Å². The molecule has 0 atom stereocenters. The van der Waals surface area contributed by atoms with Gasteiger partial charge >= 0.3 is 29.6 Å². The van der Waals surface area contributed by atoms with Crippen LogP contribution in [0.5, 0.6) is 0 Å². The van der Waals surface area contributed by atoms with Crippen LogP contribution in [0, 0.1) is 0 Å². The van der Waals surface area contributed by atoms with Crippen molar-refractivity contribution in [2.45, 2.75) is 6.61 Å². The monoisotopic (exact) mass is 447 g/mol.